The molecule has 2 aliphatic heterocycles. The largest absolute Gasteiger partial charge is 0.398 e. The van der Waals surface area contributed by atoms with Crippen LogP contribution in [0.3, 0.4) is 0 Å². The highest BCUT2D eigenvalue weighted by atomic mass is 79.9. The number of nitrogen functional groups attached to an aromatic ring is 1. The van der Waals surface area contributed by atoms with E-state index in [0.29, 0.717) is 15.7 Å². The second-order valence-electron chi connectivity index (χ2n) is 5.46. The fourth-order valence-corrected chi connectivity index (χ4v) is 5.18. The number of halogens is 1. The van der Waals surface area contributed by atoms with Crippen LogP contribution in [0.4, 0.5) is 5.69 Å². The molecule has 0 aliphatic carbocycles. The van der Waals surface area contributed by atoms with Crippen LogP contribution < -0.4 is 10.5 Å². The van der Waals surface area contributed by atoms with Crippen molar-refractivity contribution in [1.29, 1.82) is 0 Å². The molecule has 0 aromatic heterocycles. The van der Waals surface area contributed by atoms with Crippen LogP contribution in [0.2, 0.25) is 0 Å². The average Bonchev–Trinajstić information content (AvgIpc) is 2.95. The Morgan fingerprint density at radius 1 is 1.40 bits per heavy atom. The van der Waals surface area contributed by atoms with Crippen molar-refractivity contribution in [2.45, 2.75) is 49.3 Å². The van der Waals surface area contributed by atoms with Crippen molar-refractivity contribution in [3.05, 3.63) is 22.2 Å². The Balaban J connectivity index is 1.89. The third kappa shape index (κ3) is 2.47. The average molecular weight is 361 g/mol. The van der Waals surface area contributed by atoms with Gasteiger partial charge in [0.1, 0.15) is 0 Å². The Morgan fingerprint density at radius 2 is 2.15 bits per heavy atom. The zero-order valence-electron chi connectivity index (χ0n) is 11.1. The van der Waals surface area contributed by atoms with Crippen molar-refractivity contribution in [2.24, 2.45) is 0 Å². The number of nitrogens with two attached hydrogens (primary N) is 1. The first-order chi connectivity index (χ1) is 9.37. The lowest BCUT2D eigenvalue weighted by molar-refractivity contribution is 0.0996. The maximum atomic E-state index is 12.5. The van der Waals surface area contributed by atoms with E-state index in [1.165, 1.54) is 0 Å². The maximum absolute atomic E-state index is 12.5. The van der Waals surface area contributed by atoms with Gasteiger partial charge in [0.05, 0.1) is 23.1 Å². The van der Waals surface area contributed by atoms with E-state index in [2.05, 4.69) is 20.7 Å². The van der Waals surface area contributed by atoms with E-state index in [1.54, 1.807) is 19.1 Å². The molecular weight excluding hydrogens is 344 g/mol. The Morgan fingerprint density at radius 3 is 2.75 bits per heavy atom. The molecule has 7 heteroatoms. The molecule has 5 nitrogen and oxygen atoms in total. The number of ether oxygens (including phenoxy) is 1. The molecule has 2 aliphatic rings. The van der Waals surface area contributed by atoms with Gasteiger partial charge in [-0.3, -0.25) is 0 Å². The first kappa shape index (κ1) is 14.3. The zero-order chi connectivity index (χ0) is 14.5. The van der Waals surface area contributed by atoms with Gasteiger partial charge in [-0.25, -0.2) is 13.1 Å². The summed E-state index contributed by atoms with van der Waals surface area (Å²) in [5, 5.41) is 0. The second-order valence-corrected chi connectivity index (χ2v) is 8.05. The Labute approximate surface area is 127 Å². The van der Waals surface area contributed by atoms with Gasteiger partial charge >= 0.3 is 0 Å². The highest BCUT2D eigenvalue weighted by Gasteiger charge is 2.42. The molecule has 0 spiro atoms. The van der Waals surface area contributed by atoms with Crippen molar-refractivity contribution >= 4 is 31.6 Å². The minimum absolute atomic E-state index is 0.0135. The standard InChI is InChI=1S/C13H17BrN2O3S/c1-7-10(15)4-8(14)5-13(7)20(17,18)16-11-6-9-2-3-12(11)19-9/h4-5,9,11-12,16H,2-3,6,15H2,1H3. The number of benzene rings is 1. The molecular formula is C13H17BrN2O3S. The van der Waals surface area contributed by atoms with Crippen molar-refractivity contribution in [1.82, 2.24) is 4.72 Å². The van der Waals surface area contributed by atoms with E-state index < -0.39 is 10.0 Å². The van der Waals surface area contributed by atoms with E-state index in [4.69, 9.17) is 10.5 Å². The SMILES string of the molecule is Cc1c(N)cc(Br)cc1S(=O)(=O)NC1CC2CCC1O2. The van der Waals surface area contributed by atoms with Crippen LogP contribution in [-0.4, -0.2) is 26.7 Å². The molecule has 3 N–H and O–H groups in total. The summed E-state index contributed by atoms with van der Waals surface area (Å²) in [6, 6.07) is 3.16. The quantitative estimate of drug-likeness (QED) is 0.807. The minimum Gasteiger partial charge on any atom is -0.398 e. The summed E-state index contributed by atoms with van der Waals surface area (Å²) >= 11 is 3.29. The van der Waals surface area contributed by atoms with Gasteiger partial charge in [-0.2, -0.15) is 0 Å². The molecule has 2 heterocycles. The summed E-state index contributed by atoms with van der Waals surface area (Å²) in [7, 11) is -3.58. The Bertz CT molecular complexity index is 647. The summed E-state index contributed by atoms with van der Waals surface area (Å²) in [6.07, 6.45) is 2.94. The number of sulfonamides is 1. The van der Waals surface area contributed by atoms with Gasteiger partial charge in [-0.1, -0.05) is 15.9 Å². The molecule has 20 heavy (non-hydrogen) atoms. The third-order valence-electron chi connectivity index (χ3n) is 4.07. The first-order valence-electron chi connectivity index (χ1n) is 6.60. The van der Waals surface area contributed by atoms with Crippen molar-refractivity contribution < 1.29 is 13.2 Å². The fraction of sp³-hybridized carbons (Fsp3) is 0.538. The topological polar surface area (TPSA) is 81.4 Å². The van der Waals surface area contributed by atoms with E-state index in [-0.39, 0.29) is 23.1 Å². The minimum atomic E-state index is -3.58. The van der Waals surface area contributed by atoms with Gasteiger partial charge in [-0.05, 0) is 43.9 Å². The lowest BCUT2D eigenvalue weighted by Crippen LogP contribution is -2.41. The van der Waals surface area contributed by atoms with Gasteiger partial charge in [0.25, 0.3) is 0 Å². The van der Waals surface area contributed by atoms with E-state index >= 15 is 0 Å². The fourth-order valence-electron chi connectivity index (χ4n) is 2.98. The molecule has 2 bridgehead atoms. The van der Waals surface area contributed by atoms with Crippen molar-refractivity contribution in [3.63, 3.8) is 0 Å². The second kappa shape index (κ2) is 4.98. The number of hydrogen-bond acceptors (Lipinski definition) is 4. The number of nitrogens with one attached hydrogen (secondary N) is 1. The predicted octanol–water partition coefficient (Wildman–Crippen LogP) is 1.94. The van der Waals surface area contributed by atoms with Gasteiger partial charge in [0.2, 0.25) is 10.0 Å². The number of rotatable bonds is 3. The summed E-state index contributed by atoms with van der Waals surface area (Å²) in [6.45, 7) is 1.72. The Kier molecular flexibility index (Phi) is 3.56. The zero-order valence-corrected chi connectivity index (χ0v) is 13.5. The van der Waals surface area contributed by atoms with Gasteiger partial charge in [0.15, 0.2) is 0 Å². The van der Waals surface area contributed by atoms with Crippen LogP contribution in [0.15, 0.2) is 21.5 Å². The summed E-state index contributed by atoms with van der Waals surface area (Å²) in [5.41, 5.74) is 6.88. The van der Waals surface area contributed by atoms with Crippen LogP contribution in [0, 0.1) is 6.92 Å². The van der Waals surface area contributed by atoms with E-state index in [9.17, 15) is 8.42 Å². The molecule has 3 atom stereocenters. The molecule has 2 saturated heterocycles. The summed E-state index contributed by atoms with van der Waals surface area (Å²) in [5.74, 6) is 0. The van der Waals surface area contributed by atoms with Crippen molar-refractivity contribution in [3.8, 4) is 0 Å². The molecule has 1 aromatic rings. The van der Waals surface area contributed by atoms with E-state index in [1.807, 2.05) is 0 Å². The molecule has 0 saturated carbocycles. The number of fused-ring (bicyclic) bond motifs is 2. The molecule has 2 fully saturated rings. The first-order valence-corrected chi connectivity index (χ1v) is 8.88. The van der Waals surface area contributed by atoms with Gasteiger partial charge < -0.3 is 10.5 Å². The number of hydrogen-bond donors (Lipinski definition) is 2. The monoisotopic (exact) mass is 360 g/mol. The van der Waals surface area contributed by atoms with Gasteiger partial charge in [-0.15, -0.1) is 0 Å². The van der Waals surface area contributed by atoms with Gasteiger partial charge in [0, 0.05) is 10.2 Å². The highest BCUT2D eigenvalue weighted by molar-refractivity contribution is 9.10. The van der Waals surface area contributed by atoms with Crippen LogP contribution in [-0.2, 0) is 14.8 Å². The van der Waals surface area contributed by atoms with Crippen LogP contribution >= 0.6 is 15.9 Å². The van der Waals surface area contributed by atoms with Crippen molar-refractivity contribution in [2.75, 3.05) is 5.73 Å². The van der Waals surface area contributed by atoms with E-state index in [0.717, 1.165) is 19.3 Å². The summed E-state index contributed by atoms with van der Waals surface area (Å²) < 4.78 is 34.2. The lowest BCUT2D eigenvalue weighted by atomic mass is 9.96. The van der Waals surface area contributed by atoms with Crippen LogP contribution in [0.5, 0.6) is 0 Å². The number of anilines is 1. The van der Waals surface area contributed by atoms with Crippen LogP contribution in [0.1, 0.15) is 24.8 Å². The lowest BCUT2D eigenvalue weighted by Gasteiger charge is -2.21. The molecule has 3 unspecified atom stereocenters. The molecule has 0 radical (unpaired) electrons. The summed E-state index contributed by atoms with van der Waals surface area (Å²) in [4.78, 5) is 0.229. The molecule has 1 aromatic carbocycles. The highest BCUT2D eigenvalue weighted by Crippen LogP contribution is 2.35. The Hall–Kier alpha value is -0.630. The predicted molar refractivity (Wildman–Crippen MR) is 79.9 cm³/mol. The molecule has 3 rings (SSSR count). The smallest absolute Gasteiger partial charge is 0.241 e. The van der Waals surface area contributed by atoms with Crippen LogP contribution in [0.25, 0.3) is 0 Å². The third-order valence-corrected chi connectivity index (χ3v) is 6.14. The maximum Gasteiger partial charge on any atom is 0.241 e. The normalized spacial score (nSPS) is 29.0. The molecule has 0 amide bonds. The molecule has 110 valence electrons.